The molecule has 0 radical (unpaired) electrons. The van der Waals surface area contributed by atoms with E-state index in [-0.39, 0.29) is 6.61 Å². The minimum Gasteiger partial charge on any atom is -0.464 e. The molecule has 1 aliphatic rings. The van der Waals surface area contributed by atoms with Gasteiger partial charge in [-0.15, -0.1) is 0 Å². The average molecular weight is 408 g/mol. The number of esters is 1. The van der Waals surface area contributed by atoms with E-state index in [2.05, 4.69) is 5.32 Å². The van der Waals surface area contributed by atoms with Crippen molar-refractivity contribution in [3.63, 3.8) is 0 Å². The van der Waals surface area contributed by atoms with Gasteiger partial charge in [0.05, 0.1) is 25.9 Å². The predicted molar refractivity (Wildman–Crippen MR) is 108 cm³/mol. The molecule has 0 bridgehead atoms. The second-order valence-corrected chi connectivity index (χ2v) is 8.40. The van der Waals surface area contributed by atoms with E-state index in [9.17, 15) is 14.7 Å². The first-order valence-corrected chi connectivity index (χ1v) is 10.2. The third kappa shape index (κ3) is 8.41. The fourth-order valence-electron chi connectivity index (χ4n) is 3.00. The van der Waals surface area contributed by atoms with Crippen LogP contribution in [0.4, 0.5) is 4.79 Å². The quantitative estimate of drug-likeness (QED) is 0.456. The van der Waals surface area contributed by atoms with Crippen molar-refractivity contribution in [1.29, 1.82) is 0 Å². The molecule has 2 rings (SSSR count). The normalized spacial score (nSPS) is 16.4. The van der Waals surface area contributed by atoms with E-state index >= 15 is 0 Å². The van der Waals surface area contributed by atoms with Crippen LogP contribution in [-0.4, -0.2) is 48.7 Å². The maximum Gasteiger partial charge on any atom is 0.408 e. The number of amides is 1. The lowest BCUT2D eigenvalue weighted by molar-refractivity contribution is -0.155. The van der Waals surface area contributed by atoms with Crippen molar-refractivity contribution >= 4 is 12.1 Å². The van der Waals surface area contributed by atoms with Crippen LogP contribution in [-0.2, 0) is 19.0 Å². The Labute approximate surface area is 172 Å². The standard InChI is InChI=1S/C22H33NO6/c1-22(2,3)29-21(26)23-18(17-11-7-4-8-12-17)19(24)20(25)28-13-9-5-6-10-16-14-27-15-16/h4,7-8,11-12,16,18-19,24H,5-6,9-10,13-15H2,1-3H3,(H,23,26)/t18-,19+/m0/s1. The summed E-state index contributed by atoms with van der Waals surface area (Å²) in [6.07, 6.45) is 1.66. The van der Waals surface area contributed by atoms with Crippen molar-refractivity contribution in [3.8, 4) is 0 Å². The zero-order chi connectivity index (χ0) is 21.3. The smallest absolute Gasteiger partial charge is 0.408 e. The van der Waals surface area contributed by atoms with Gasteiger partial charge in [-0.1, -0.05) is 43.2 Å². The molecule has 0 unspecified atom stereocenters. The number of hydrogen-bond acceptors (Lipinski definition) is 6. The number of carbonyl (C=O) groups is 2. The minimum absolute atomic E-state index is 0.241. The molecule has 1 aromatic carbocycles. The number of rotatable bonds is 10. The van der Waals surface area contributed by atoms with Crippen LogP contribution in [0.1, 0.15) is 58.1 Å². The molecular formula is C22H33NO6. The van der Waals surface area contributed by atoms with Gasteiger partial charge < -0.3 is 24.6 Å². The fourth-order valence-corrected chi connectivity index (χ4v) is 3.00. The molecule has 2 atom stereocenters. The molecule has 0 saturated carbocycles. The van der Waals surface area contributed by atoms with Gasteiger partial charge in [0.2, 0.25) is 0 Å². The molecule has 0 aliphatic carbocycles. The molecular weight excluding hydrogens is 374 g/mol. The predicted octanol–water partition coefficient (Wildman–Crippen LogP) is 3.36. The molecule has 1 aliphatic heterocycles. The van der Waals surface area contributed by atoms with Crippen molar-refractivity contribution in [2.45, 2.75) is 64.2 Å². The van der Waals surface area contributed by atoms with Crippen molar-refractivity contribution in [3.05, 3.63) is 35.9 Å². The van der Waals surface area contributed by atoms with Crippen LogP contribution >= 0.6 is 0 Å². The van der Waals surface area contributed by atoms with Crippen LogP contribution in [0, 0.1) is 5.92 Å². The molecule has 2 N–H and O–H groups in total. The van der Waals surface area contributed by atoms with Crippen molar-refractivity contribution < 1.29 is 28.9 Å². The summed E-state index contributed by atoms with van der Waals surface area (Å²) in [6.45, 7) is 7.18. The molecule has 7 heteroatoms. The van der Waals surface area contributed by atoms with E-state index in [1.807, 2.05) is 6.07 Å². The molecule has 7 nitrogen and oxygen atoms in total. The van der Waals surface area contributed by atoms with Gasteiger partial charge >= 0.3 is 12.1 Å². The van der Waals surface area contributed by atoms with E-state index in [0.717, 1.165) is 38.9 Å². The molecule has 162 valence electrons. The second-order valence-electron chi connectivity index (χ2n) is 8.40. The third-order valence-electron chi connectivity index (χ3n) is 4.60. The van der Waals surface area contributed by atoms with Gasteiger partial charge in [0, 0.05) is 5.92 Å². The van der Waals surface area contributed by atoms with E-state index < -0.39 is 29.8 Å². The van der Waals surface area contributed by atoms with Gasteiger partial charge in [-0.2, -0.15) is 0 Å². The van der Waals surface area contributed by atoms with Crippen LogP contribution in [0.25, 0.3) is 0 Å². The molecule has 1 heterocycles. The molecule has 0 spiro atoms. The summed E-state index contributed by atoms with van der Waals surface area (Å²) in [6, 6.07) is 7.84. The third-order valence-corrected chi connectivity index (χ3v) is 4.60. The van der Waals surface area contributed by atoms with E-state index in [0.29, 0.717) is 11.5 Å². The maximum atomic E-state index is 12.3. The zero-order valence-electron chi connectivity index (χ0n) is 17.6. The van der Waals surface area contributed by atoms with Crippen molar-refractivity contribution in [2.75, 3.05) is 19.8 Å². The van der Waals surface area contributed by atoms with Crippen LogP contribution in [0.2, 0.25) is 0 Å². The summed E-state index contributed by atoms with van der Waals surface area (Å²) < 4.78 is 15.6. The van der Waals surface area contributed by atoms with E-state index in [4.69, 9.17) is 14.2 Å². The summed E-state index contributed by atoms with van der Waals surface area (Å²) in [7, 11) is 0. The van der Waals surface area contributed by atoms with Gasteiger partial charge in [-0.3, -0.25) is 0 Å². The first-order valence-electron chi connectivity index (χ1n) is 10.2. The molecule has 1 saturated heterocycles. The van der Waals surface area contributed by atoms with Crippen LogP contribution in [0.3, 0.4) is 0 Å². The molecule has 0 aromatic heterocycles. The van der Waals surface area contributed by atoms with Gasteiger partial charge in [0.25, 0.3) is 0 Å². The Morgan fingerprint density at radius 2 is 1.86 bits per heavy atom. The largest absolute Gasteiger partial charge is 0.464 e. The summed E-state index contributed by atoms with van der Waals surface area (Å²) >= 11 is 0. The van der Waals surface area contributed by atoms with E-state index in [1.165, 1.54) is 0 Å². The lowest BCUT2D eigenvalue weighted by atomic mass is 10.00. The Balaban J connectivity index is 1.83. The number of hydrogen-bond donors (Lipinski definition) is 2. The number of nitrogens with one attached hydrogen (secondary N) is 1. The number of unbranched alkanes of at least 4 members (excludes halogenated alkanes) is 2. The van der Waals surface area contributed by atoms with Crippen molar-refractivity contribution in [1.82, 2.24) is 5.32 Å². The lowest BCUT2D eigenvalue weighted by Gasteiger charge is -2.26. The zero-order valence-corrected chi connectivity index (χ0v) is 17.6. The average Bonchev–Trinajstić information content (AvgIpc) is 2.62. The number of alkyl carbamates (subject to hydrolysis) is 1. The Kier molecular flexibility index (Phi) is 8.92. The van der Waals surface area contributed by atoms with Gasteiger partial charge in [0.1, 0.15) is 5.60 Å². The fraction of sp³-hybridized carbons (Fsp3) is 0.636. The minimum atomic E-state index is -1.53. The Hall–Kier alpha value is -2.12. The number of aliphatic hydroxyl groups excluding tert-OH is 1. The summed E-state index contributed by atoms with van der Waals surface area (Å²) in [5.74, 6) is -0.0905. The first-order chi connectivity index (χ1) is 13.8. The second kappa shape index (κ2) is 11.2. The summed E-state index contributed by atoms with van der Waals surface area (Å²) in [5.41, 5.74) is -0.104. The topological polar surface area (TPSA) is 94.1 Å². The first kappa shape index (κ1) is 23.2. The van der Waals surface area contributed by atoms with Gasteiger partial charge in [-0.25, -0.2) is 9.59 Å². The Bertz CT molecular complexity index is 638. The Morgan fingerprint density at radius 3 is 2.45 bits per heavy atom. The van der Waals surface area contributed by atoms with E-state index in [1.54, 1.807) is 45.0 Å². The lowest BCUT2D eigenvalue weighted by Crippen LogP contribution is -2.43. The van der Waals surface area contributed by atoms with Crippen LogP contribution < -0.4 is 5.32 Å². The number of ether oxygens (including phenoxy) is 3. The summed E-state index contributed by atoms with van der Waals surface area (Å²) in [5, 5.41) is 13.1. The SMILES string of the molecule is CC(C)(C)OC(=O)N[C@@H](c1ccccc1)[C@@H](O)C(=O)OCCCCCC1COC1. The van der Waals surface area contributed by atoms with Crippen molar-refractivity contribution in [2.24, 2.45) is 5.92 Å². The molecule has 1 fully saturated rings. The molecule has 29 heavy (non-hydrogen) atoms. The highest BCUT2D eigenvalue weighted by Gasteiger charge is 2.31. The summed E-state index contributed by atoms with van der Waals surface area (Å²) in [4.78, 5) is 24.5. The van der Waals surface area contributed by atoms with Gasteiger partial charge in [-0.05, 0) is 39.2 Å². The molecule has 1 aromatic rings. The van der Waals surface area contributed by atoms with Crippen LogP contribution in [0.5, 0.6) is 0 Å². The highest BCUT2D eigenvalue weighted by molar-refractivity contribution is 5.77. The maximum absolute atomic E-state index is 12.3. The number of carbonyl (C=O) groups excluding carboxylic acids is 2. The van der Waals surface area contributed by atoms with Gasteiger partial charge in [0.15, 0.2) is 6.10 Å². The highest BCUT2D eigenvalue weighted by atomic mass is 16.6. The Morgan fingerprint density at radius 1 is 1.17 bits per heavy atom. The number of aliphatic hydroxyl groups is 1. The monoisotopic (exact) mass is 407 g/mol. The highest BCUT2D eigenvalue weighted by Crippen LogP contribution is 2.20. The van der Waals surface area contributed by atoms with Crippen LogP contribution in [0.15, 0.2) is 30.3 Å². The molecule has 1 amide bonds. The number of benzene rings is 1.